The predicted octanol–water partition coefficient (Wildman–Crippen LogP) is 3.41. The summed E-state index contributed by atoms with van der Waals surface area (Å²) >= 11 is 1.70. The van der Waals surface area contributed by atoms with E-state index in [0.29, 0.717) is 11.4 Å². The Labute approximate surface area is 159 Å². The van der Waals surface area contributed by atoms with E-state index in [-0.39, 0.29) is 12.5 Å². The SMILES string of the molecule is CO/N=C1\CN(S(=O)(=O)c2ccc(C)cc2)CC1CSc1ccccc1. The zero-order valence-electron chi connectivity index (χ0n) is 14.8. The minimum absolute atomic E-state index is 0.0281. The zero-order valence-corrected chi connectivity index (χ0v) is 16.5. The van der Waals surface area contributed by atoms with Gasteiger partial charge in [-0.3, -0.25) is 0 Å². The summed E-state index contributed by atoms with van der Waals surface area (Å²) in [7, 11) is -2.04. The molecule has 0 bridgehead atoms. The van der Waals surface area contributed by atoms with Gasteiger partial charge in [0.1, 0.15) is 7.11 Å². The Hall–Kier alpha value is -1.83. The van der Waals surface area contributed by atoms with Gasteiger partial charge in [-0.25, -0.2) is 8.42 Å². The summed E-state index contributed by atoms with van der Waals surface area (Å²) in [4.78, 5) is 6.42. The number of oxime groups is 1. The fourth-order valence-electron chi connectivity index (χ4n) is 2.85. The van der Waals surface area contributed by atoms with Gasteiger partial charge < -0.3 is 4.84 Å². The maximum Gasteiger partial charge on any atom is 0.243 e. The Morgan fingerprint density at radius 2 is 1.85 bits per heavy atom. The van der Waals surface area contributed by atoms with Crippen LogP contribution in [0.25, 0.3) is 0 Å². The lowest BCUT2D eigenvalue weighted by molar-refractivity contribution is 0.211. The van der Waals surface area contributed by atoms with E-state index in [0.717, 1.165) is 21.9 Å². The number of nitrogens with zero attached hydrogens (tertiary/aromatic N) is 2. The number of aryl methyl sites for hydroxylation is 1. The Bertz CT molecular complexity index is 865. The minimum atomic E-state index is -3.53. The summed E-state index contributed by atoms with van der Waals surface area (Å²) in [6.07, 6.45) is 0. The summed E-state index contributed by atoms with van der Waals surface area (Å²) in [5.41, 5.74) is 1.80. The highest BCUT2D eigenvalue weighted by atomic mass is 32.2. The van der Waals surface area contributed by atoms with Crippen molar-refractivity contribution in [3.8, 4) is 0 Å². The molecule has 26 heavy (non-hydrogen) atoms. The third kappa shape index (κ3) is 4.28. The van der Waals surface area contributed by atoms with E-state index in [9.17, 15) is 8.42 Å². The monoisotopic (exact) mass is 390 g/mol. The standard InChI is InChI=1S/C19H22N2O3S2/c1-15-8-10-18(11-9-15)26(22,23)21-12-16(19(13-21)20-24-2)14-25-17-6-4-3-5-7-17/h3-11,16H,12-14H2,1-2H3/b20-19+. The van der Waals surface area contributed by atoms with Gasteiger partial charge in [-0.15, -0.1) is 11.8 Å². The maximum absolute atomic E-state index is 12.9. The molecule has 0 aliphatic carbocycles. The first kappa shape index (κ1) is 18.9. The lowest BCUT2D eigenvalue weighted by Crippen LogP contribution is -2.29. The van der Waals surface area contributed by atoms with Crippen LogP contribution in [-0.2, 0) is 14.9 Å². The summed E-state index contributed by atoms with van der Waals surface area (Å²) in [5.74, 6) is 0.784. The third-order valence-electron chi connectivity index (χ3n) is 4.30. The second-order valence-corrected chi connectivity index (χ2v) is 9.23. The molecule has 138 valence electrons. The molecule has 1 atom stereocenters. The van der Waals surface area contributed by atoms with Crippen LogP contribution >= 0.6 is 11.8 Å². The van der Waals surface area contributed by atoms with Crippen molar-refractivity contribution in [2.45, 2.75) is 16.7 Å². The molecule has 0 N–H and O–H groups in total. The molecule has 0 aromatic heterocycles. The lowest BCUT2D eigenvalue weighted by atomic mass is 10.1. The van der Waals surface area contributed by atoms with Crippen LogP contribution in [0.15, 0.2) is 69.5 Å². The molecule has 2 aromatic carbocycles. The molecule has 5 nitrogen and oxygen atoms in total. The molecule has 1 heterocycles. The lowest BCUT2D eigenvalue weighted by Gasteiger charge is -2.16. The Balaban J connectivity index is 1.76. The van der Waals surface area contributed by atoms with Crippen molar-refractivity contribution in [2.24, 2.45) is 11.1 Å². The van der Waals surface area contributed by atoms with Gasteiger partial charge in [-0.1, -0.05) is 41.1 Å². The Morgan fingerprint density at radius 3 is 2.50 bits per heavy atom. The van der Waals surface area contributed by atoms with Crippen molar-refractivity contribution in [3.63, 3.8) is 0 Å². The second kappa shape index (κ2) is 8.24. The van der Waals surface area contributed by atoms with Crippen LogP contribution in [-0.4, -0.2) is 44.4 Å². The van der Waals surface area contributed by atoms with Crippen LogP contribution in [0.1, 0.15) is 5.56 Å². The third-order valence-corrected chi connectivity index (χ3v) is 7.30. The highest BCUT2D eigenvalue weighted by Crippen LogP contribution is 2.28. The normalized spacial score (nSPS) is 19.8. The van der Waals surface area contributed by atoms with E-state index in [2.05, 4.69) is 5.16 Å². The van der Waals surface area contributed by atoms with E-state index in [1.54, 1.807) is 23.9 Å². The van der Waals surface area contributed by atoms with Crippen molar-refractivity contribution < 1.29 is 13.3 Å². The van der Waals surface area contributed by atoms with Gasteiger partial charge in [0, 0.05) is 23.1 Å². The fourth-order valence-corrected chi connectivity index (χ4v) is 5.35. The van der Waals surface area contributed by atoms with E-state index in [1.807, 2.05) is 49.4 Å². The van der Waals surface area contributed by atoms with Crippen LogP contribution in [0, 0.1) is 12.8 Å². The second-order valence-electron chi connectivity index (χ2n) is 6.20. The fraction of sp³-hybridized carbons (Fsp3) is 0.316. The molecule has 0 radical (unpaired) electrons. The molecule has 3 rings (SSSR count). The van der Waals surface area contributed by atoms with Gasteiger partial charge in [0.15, 0.2) is 0 Å². The van der Waals surface area contributed by atoms with Gasteiger partial charge in [-0.05, 0) is 31.2 Å². The number of hydrogen-bond acceptors (Lipinski definition) is 5. The predicted molar refractivity (Wildman–Crippen MR) is 105 cm³/mol. The summed E-state index contributed by atoms with van der Waals surface area (Å²) in [5, 5.41) is 4.09. The van der Waals surface area contributed by atoms with Crippen LogP contribution in [0.5, 0.6) is 0 Å². The highest BCUT2D eigenvalue weighted by Gasteiger charge is 2.37. The average molecular weight is 391 g/mol. The molecule has 1 unspecified atom stereocenters. The smallest absolute Gasteiger partial charge is 0.243 e. The zero-order chi connectivity index (χ0) is 18.6. The topological polar surface area (TPSA) is 59.0 Å². The van der Waals surface area contributed by atoms with Crippen LogP contribution in [0.2, 0.25) is 0 Å². The van der Waals surface area contributed by atoms with Crippen molar-refractivity contribution in [2.75, 3.05) is 26.0 Å². The Morgan fingerprint density at radius 1 is 1.15 bits per heavy atom. The summed E-state index contributed by atoms with van der Waals surface area (Å²) < 4.78 is 27.4. The summed E-state index contributed by atoms with van der Waals surface area (Å²) in [6, 6.07) is 17.0. The number of rotatable bonds is 6. The van der Waals surface area contributed by atoms with Crippen molar-refractivity contribution >= 4 is 27.5 Å². The highest BCUT2D eigenvalue weighted by molar-refractivity contribution is 7.99. The van der Waals surface area contributed by atoms with Crippen LogP contribution < -0.4 is 0 Å². The van der Waals surface area contributed by atoms with Crippen LogP contribution in [0.3, 0.4) is 0 Å². The van der Waals surface area contributed by atoms with Gasteiger partial charge in [0.05, 0.1) is 17.2 Å². The maximum atomic E-state index is 12.9. The number of sulfonamides is 1. The molecule has 2 aromatic rings. The largest absolute Gasteiger partial charge is 0.399 e. The number of hydrogen-bond donors (Lipinski definition) is 0. The van der Waals surface area contributed by atoms with Gasteiger partial charge in [-0.2, -0.15) is 4.31 Å². The molecule has 0 amide bonds. The van der Waals surface area contributed by atoms with Crippen molar-refractivity contribution in [1.29, 1.82) is 0 Å². The number of benzene rings is 2. The molecule has 7 heteroatoms. The minimum Gasteiger partial charge on any atom is -0.399 e. The molecule has 0 spiro atoms. The van der Waals surface area contributed by atoms with E-state index < -0.39 is 10.0 Å². The number of thioether (sulfide) groups is 1. The van der Waals surface area contributed by atoms with Gasteiger partial charge in [0.2, 0.25) is 10.0 Å². The van der Waals surface area contributed by atoms with Gasteiger partial charge in [0.25, 0.3) is 0 Å². The first-order chi connectivity index (χ1) is 12.5. The quantitative estimate of drug-likeness (QED) is 0.560. The van der Waals surface area contributed by atoms with E-state index in [4.69, 9.17) is 4.84 Å². The molecular formula is C19H22N2O3S2. The van der Waals surface area contributed by atoms with Gasteiger partial charge >= 0.3 is 0 Å². The Kier molecular flexibility index (Phi) is 6.01. The van der Waals surface area contributed by atoms with Crippen molar-refractivity contribution in [3.05, 3.63) is 60.2 Å². The molecular weight excluding hydrogens is 368 g/mol. The molecule has 1 aliphatic rings. The first-order valence-corrected chi connectivity index (χ1v) is 10.8. The van der Waals surface area contributed by atoms with E-state index >= 15 is 0 Å². The first-order valence-electron chi connectivity index (χ1n) is 8.35. The average Bonchev–Trinajstić information content (AvgIpc) is 3.05. The summed E-state index contributed by atoms with van der Waals surface area (Å²) in [6.45, 7) is 2.62. The molecule has 1 fully saturated rings. The molecule has 1 aliphatic heterocycles. The molecule has 1 saturated heterocycles. The van der Waals surface area contributed by atoms with E-state index in [1.165, 1.54) is 11.4 Å². The van der Waals surface area contributed by atoms with Crippen LogP contribution in [0.4, 0.5) is 0 Å². The van der Waals surface area contributed by atoms with Crippen molar-refractivity contribution in [1.82, 2.24) is 4.31 Å². The molecule has 0 saturated carbocycles.